The molecule has 6 N–H and O–H groups in total. The topological polar surface area (TPSA) is 127 Å². The molecule has 0 aliphatic carbocycles. The van der Waals surface area contributed by atoms with Gasteiger partial charge in [-0.2, -0.15) is 8.42 Å². The van der Waals surface area contributed by atoms with Crippen LogP contribution in [0.1, 0.15) is 0 Å². The average Bonchev–Trinajstić information content (AvgIpc) is 1.81. The van der Waals surface area contributed by atoms with Crippen molar-refractivity contribution in [3.8, 4) is 0 Å². The predicted molar refractivity (Wildman–Crippen MR) is 35.6 cm³/mol. The lowest BCUT2D eigenvalue weighted by molar-refractivity contribution is -0.116. The molecular weight excluding hydrogens is 172 g/mol. The fourth-order valence-corrected chi connectivity index (χ4v) is 1.33. The summed E-state index contributed by atoms with van der Waals surface area (Å²) in [5.74, 6) is -1.27. The Morgan fingerprint density at radius 1 is 1.18 bits per heavy atom. The van der Waals surface area contributed by atoms with Gasteiger partial charge in [0.2, 0.25) is 0 Å². The van der Waals surface area contributed by atoms with Crippen molar-refractivity contribution >= 4 is 16.1 Å². The zero-order valence-electron chi connectivity index (χ0n) is 5.29. The summed E-state index contributed by atoms with van der Waals surface area (Å²) in [4.78, 5) is 10.6. The Labute approximate surface area is 62.6 Å². The lowest BCUT2D eigenvalue weighted by Crippen LogP contribution is -2.50. The number of nitrogens with two attached hydrogens (primary N) is 2. The van der Waals surface area contributed by atoms with E-state index >= 15 is 0 Å². The maximum Gasteiger partial charge on any atom is 0.325 e. The number of amides is 1. The molecule has 8 heteroatoms. The van der Waals surface area contributed by atoms with Gasteiger partial charge in [-0.25, -0.2) is 4.72 Å². The van der Waals surface area contributed by atoms with E-state index in [2.05, 4.69) is 0 Å². The van der Waals surface area contributed by atoms with E-state index in [1.165, 1.54) is 0 Å². The van der Waals surface area contributed by atoms with E-state index in [1.807, 2.05) is 4.72 Å². The minimum absolute atomic E-state index is 0.333. The van der Waals surface area contributed by atoms with E-state index in [1.54, 1.807) is 4.72 Å². The van der Waals surface area contributed by atoms with E-state index in [4.69, 9.17) is 11.5 Å². The number of hydrogen-bond acceptors (Lipinski definition) is 5. The Bertz CT molecular complexity index is 328. The van der Waals surface area contributed by atoms with Crippen molar-refractivity contribution < 1.29 is 13.2 Å². The second kappa shape index (κ2) is 2.02. The first-order valence-corrected chi connectivity index (χ1v) is 4.01. The molecule has 1 aliphatic heterocycles. The molecule has 7 nitrogen and oxygen atoms in total. The molecule has 1 amide bonds. The third-order valence-corrected chi connectivity index (χ3v) is 1.95. The van der Waals surface area contributed by atoms with Gasteiger partial charge in [0.15, 0.2) is 0 Å². The van der Waals surface area contributed by atoms with Crippen molar-refractivity contribution in [1.82, 2.24) is 9.44 Å². The van der Waals surface area contributed by atoms with Crippen molar-refractivity contribution in [3.63, 3.8) is 0 Å². The molecule has 0 spiro atoms. The second-order valence-corrected chi connectivity index (χ2v) is 3.28. The quantitative estimate of drug-likeness (QED) is 0.315. The summed E-state index contributed by atoms with van der Waals surface area (Å²) < 4.78 is 24.6. The van der Waals surface area contributed by atoms with Crippen molar-refractivity contribution in [2.75, 3.05) is 0 Å². The van der Waals surface area contributed by atoms with Gasteiger partial charge in [-0.1, -0.05) is 0 Å². The van der Waals surface area contributed by atoms with E-state index in [0.29, 0.717) is 0 Å². The first-order valence-electron chi connectivity index (χ1n) is 2.52. The molecule has 0 aromatic rings. The van der Waals surface area contributed by atoms with Crippen LogP contribution in [0.4, 0.5) is 0 Å². The number of hydrogen-bond donors (Lipinski definition) is 4. The summed E-state index contributed by atoms with van der Waals surface area (Å²) >= 11 is 0. The van der Waals surface area contributed by atoms with Crippen LogP contribution < -0.4 is 20.9 Å². The largest absolute Gasteiger partial charge is 0.391 e. The third-order valence-electron chi connectivity index (χ3n) is 1.01. The van der Waals surface area contributed by atoms with Crippen LogP contribution >= 0.6 is 0 Å². The van der Waals surface area contributed by atoms with Crippen LogP contribution in [0, 0.1) is 0 Å². The molecule has 0 saturated carbocycles. The molecule has 11 heavy (non-hydrogen) atoms. The zero-order valence-corrected chi connectivity index (χ0v) is 6.10. The van der Waals surface area contributed by atoms with Crippen LogP contribution in [0.25, 0.3) is 0 Å². The zero-order chi connectivity index (χ0) is 8.65. The Kier molecular flexibility index (Phi) is 1.41. The van der Waals surface area contributed by atoms with Gasteiger partial charge in [-0.05, 0) is 0 Å². The van der Waals surface area contributed by atoms with Gasteiger partial charge in [-0.3, -0.25) is 9.52 Å². The molecule has 0 bridgehead atoms. The Morgan fingerprint density at radius 3 is 2.18 bits per heavy atom. The summed E-state index contributed by atoms with van der Waals surface area (Å²) in [6, 6.07) is 0. The minimum Gasteiger partial charge on any atom is -0.391 e. The number of carbonyl (C=O) groups is 1. The summed E-state index contributed by atoms with van der Waals surface area (Å²) in [7, 11) is -3.83. The molecule has 62 valence electrons. The van der Waals surface area contributed by atoms with Crippen LogP contribution in [0.5, 0.6) is 0 Å². The summed E-state index contributed by atoms with van der Waals surface area (Å²) in [5.41, 5.74) is 9.77. The number of nitrogens with one attached hydrogen (secondary N) is 2. The molecule has 0 radical (unpaired) electrons. The second-order valence-electron chi connectivity index (χ2n) is 1.86. The third kappa shape index (κ3) is 1.34. The molecule has 0 saturated heterocycles. The molecule has 1 rings (SSSR count). The highest BCUT2D eigenvalue weighted by atomic mass is 32.2. The molecule has 1 heterocycles. The van der Waals surface area contributed by atoms with Gasteiger partial charge in [-0.15, -0.1) is 0 Å². The van der Waals surface area contributed by atoms with Crippen LogP contribution in [-0.2, 0) is 15.0 Å². The Hall–Kier alpha value is -1.44. The molecule has 0 fully saturated rings. The highest BCUT2D eigenvalue weighted by Crippen LogP contribution is 1.97. The van der Waals surface area contributed by atoms with Crippen molar-refractivity contribution in [2.24, 2.45) is 11.5 Å². The van der Waals surface area contributed by atoms with E-state index < -0.39 is 16.1 Å². The molecular formula is C3H6N4O3S. The van der Waals surface area contributed by atoms with Crippen LogP contribution in [0.15, 0.2) is 11.5 Å². The summed E-state index contributed by atoms with van der Waals surface area (Å²) in [6.45, 7) is 0. The highest BCUT2D eigenvalue weighted by Gasteiger charge is 2.24. The number of rotatable bonds is 0. The van der Waals surface area contributed by atoms with Crippen LogP contribution in [0.2, 0.25) is 0 Å². The monoisotopic (exact) mass is 178 g/mol. The molecule has 0 atom stereocenters. The lowest BCUT2D eigenvalue weighted by atomic mass is 10.4. The van der Waals surface area contributed by atoms with Crippen molar-refractivity contribution in [1.29, 1.82) is 0 Å². The van der Waals surface area contributed by atoms with Crippen molar-refractivity contribution in [3.05, 3.63) is 11.5 Å². The Morgan fingerprint density at radius 2 is 1.73 bits per heavy atom. The van der Waals surface area contributed by atoms with Crippen LogP contribution in [-0.4, -0.2) is 14.3 Å². The van der Waals surface area contributed by atoms with Gasteiger partial charge in [0.05, 0.1) is 0 Å². The first kappa shape index (κ1) is 7.66. The molecule has 0 unspecified atom stereocenters. The highest BCUT2D eigenvalue weighted by molar-refractivity contribution is 7.88. The summed E-state index contributed by atoms with van der Waals surface area (Å²) in [5, 5.41) is 0. The van der Waals surface area contributed by atoms with E-state index in [9.17, 15) is 13.2 Å². The Balaban J connectivity index is 3.14. The fraction of sp³-hybridized carbons (Fsp3) is 0. The van der Waals surface area contributed by atoms with Gasteiger partial charge < -0.3 is 11.5 Å². The average molecular weight is 178 g/mol. The maximum atomic E-state index is 10.6. The SMILES string of the molecule is NC1=C(N)C(=O)NS(=O)(=O)N1. The van der Waals surface area contributed by atoms with E-state index in [0.717, 1.165) is 0 Å². The van der Waals surface area contributed by atoms with Gasteiger partial charge in [0, 0.05) is 0 Å². The normalized spacial score (nSPS) is 22.4. The summed E-state index contributed by atoms with van der Waals surface area (Å²) in [6.07, 6.45) is 0. The van der Waals surface area contributed by atoms with Gasteiger partial charge in [0.25, 0.3) is 5.91 Å². The van der Waals surface area contributed by atoms with Crippen molar-refractivity contribution in [2.45, 2.75) is 0 Å². The first-order chi connectivity index (χ1) is 4.92. The standard InChI is InChI=1S/C3H6N4O3S/c4-1-2(5)6-11(9,10)7-3(1)8/h6H,4-5H2,(H,7,8). The lowest BCUT2D eigenvalue weighted by Gasteiger charge is -2.15. The molecule has 0 aromatic heterocycles. The van der Waals surface area contributed by atoms with Gasteiger partial charge >= 0.3 is 10.2 Å². The molecule has 1 aliphatic rings. The van der Waals surface area contributed by atoms with Crippen LogP contribution in [0.3, 0.4) is 0 Å². The number of carbonyl (C=O) groups excluding carboxylic acids is 1. The predicted octanol–water partition coefficient (Wildman–Crippen LogP) is -2.96. The smallest absolute Gasteiger partial charge is 0.325 e. The van der Waals surface area contributed by atoms with E-state index in [-0.39, 0.29) is 11.5 Å². The molecule has 0 aromatic carbocycles. The minimum atomic E-state index is -3.83. The maximum absolute atomic E-state index is 10.6. The van der Waals surface area contributed by atoms with Gasteiger partial charge in [0.1, 0.15) is 11.5 Å². The fourth-order valence-electron chi connectivity index (χ4n) is 0.525.